The van der Waals surface area contributed by atoms with E-state index in [0.29, 0.717) is 6.54 Å². The predicted molar refractivity (Wildman–Crippen MR) is 74.6 cm³/mol. The number of likely N-dealkylation sites (N-methyl/N-ethyl adjacent to an activating group) is 1. The fraction of sp³-hybridized carbons (Fsp3) is 0.357. The minimum Gasteiger partial charge on any atom is -0.359 e. The number of nitrogens with one attached hydrogen (secondary N) is 1. The molecule has 0 saturated heterocycles. The van der Waals surface area contributed by atoms with E-state index in [-0.39, 0.29) is 5.91 Å². The lowest BCUT2D eigenvalue weighted by atomic mass is 10.0. The third-order valence-electron chi connectivity index (χ3n) is 2.97. The van der Waals surface area contributed by atoms with E-state index >= 15 is 0 Å². The number of rotatable bonds is 3. The van der Waals surface area contributed by atoms with Gasteiger partial charge in [-0.3, -0.25) is 4.79 Å². The van der Waals surface area contributed by atoms with Crippen LogP contribution in [0.1, 0.15) is 20.8 Å². The highest BCUT2D eigenvalue weighted by Crippen LogP contribution is 2.27. The van der Waals surface area contributed by atoms with Gasteiger partial charge in [-0.1, -0.05) is 18.2 Å². The van der Waals surface area contributed by atoms with Gasteiger partial charge in [-0.05, 0) is 26.8 Å². The number of carbonyl (C=O) groups is 1. The zero-order chi connectivity index (χ0) is 13.3. The molecule has 18 heavy (non-hydrogen) atoms. The molecule has 1 aromatic carbocycles. The smallest absolute Gasteiger partial charge is 0.246 e. The van der Waals surface area contributed by atoms with Gasteiger partial charge in [0.2, 0.25) is 5.91 Å². The van der Waals surface area contributed by atoms with Gasteiger partial charge in [-0.15, -0.1) is 0 Å². The number of nitrogens with zero attached hydrogens (tertiary/aromatic N) is 1. The van der Waals surface area contributed by atoms with Gasteiger partial charge in [0, 0.05) is 23.6 Å². The molecule has 3 N–H and O–H groups in total. The molecule has 2 aromatic rings. The maximum atomic E-state index is 12.3. The number of fused-ring (bicyclic) bond motifs is 1. The van der Waals surface area contributed by atoms with Crippen molar-refractivity contribution in [1.82, 2.24) is 4.98 Å². The molecule has 0 spiro atoms. The fourth-order valence-electron chi connectivity index (χ4n) is 2.05. The van der Waals surface area contributed by atoms with Crippen molar-refractivity contribution < 1.29 is 4.79 Å². The van der Waals surface area contributed by atoms with Crippen molar-refractivity contribution in [2.75, 3.05) is 11.4 Å². The maximum Gasteiger partial charge on any atom is 0.246 e. The first-order chi connectivity index (χ1) is 8.45. The van der Waals surface area contributed by atoms with E-state index in [9.17, 15) is 4.79 Å². The molecule has 0 fully saturated rings. The zero-order valence-electron chi connectivity index (χ0n) is 11.0. The molecule has 1 heterocycles. The molecular formula is C14H19N3O. The van der Waals surface area contributed by atoms with Crippen molar-refractivity contribution in [1.29, 1.82) is 0 Å². The van der Waals surface area contributed by atoms with Crippen LogP contribution in [0.2, 0.25) is 0 Å². The molecule has 1 aromatic heterocycles. The Kier molecular flexibility index (Phi) is 3.13. The Morgan fingerprint density at radius 2 is 2.06 bits per heavy atom. The van der Waals surface area contributed by atoms with Crippen LogP contribution in [-0.4, -0.2) is 23.0 Å². The van der Waals surface area contributed by atoms with E-state index in [1.807, 2.05) is 37.4 Å². The molecule has 0 saturated carbocycles. The first-order valence-electron chi connectivity index (χ1n) is 6.12. The SMILES string of the molecule is CCN(C(=O)C(C)(C)N)c1c[nH]c2ccccc12. The van der Waals surface area contributed by atoms with Crippen LogP contribution in [0, 0.1) is 0 Å². The molecule has 1 amide bonds. The number of carbonyl (C=O) groups excluding carboxylic acids is 1. The Morgan fingerprint density at radius 3 is 2.67 bits per heavy atom. The first kappa shape index (κ1) is 12.6. The Balaban J connectivity index is 2.48. The number of para-hydroxylation sites is 1. The summed E-state index contributed by atoms with van der Waals surface area (Å²) in [6, 6.07) is 7.92. The van der Waals surface area contributed by atoms with Gasteiger partial charge >= 0.3 is 0 Å². The van der Waals surface area contributed by atoms with E-state index in [0.717, 1.165) is 16.6 Å². The van der Waals surface area contributed by atoms with Gasteiger partial charge in [0.05, 0.1) is 11.2 Å². The van der Waals surface area contributed by atoms with Crippen molar-refractivity contribution in [2.24, 2.45) is 5.73 Å². The molecule has 0 unspecified atom stereocenters. The molecule has 0 atom stereocenters. The van der Waals surface area contributed by atoms with Crippen LogP contribution in [0.15, 0.2) is 30.5 Å². The largest absolute Gasteiger partial charge is 0.359 e. The molecular weight excluding hydrogens is 226 g/mol. The van der Waals surface area contributed by atoms with Gasteiger partial charge in [0.1, 0.15) is 0 Å². The number of aromatic amines is 1. The summed E-state index contributed by atoms with van der Waals surface area (Å²) < 4.78 is 0. The molecule has 96 valence electrons. The van der Waals surface area contributed by atoms with Gasteiger partial charge in [0.25, 0.3) is 0 Å². The summed E-state index contributed by atoms with van der Waals surface area (Å²) in [7, 11) is 0. The summed E-state index contributed by atoms with van der Waals surface area (Å²) >= 11 is 0. The number of anilines is 1. The number of amides is 1. The molecule has 2 rings (SSSR count). The van der Waals surface area contributed by atoms with Gasteiger partial charge < -0.3 is 15.6 Å². The number of hydrogen-bond donors (Lipinski definition) is 2. The van der Waals surface area contributed by atoms with Crippen molar-refractivity contribution in [2.45, 2.75) is 26.3 Å². The third-order valence-corrected chi connectivity index (χ3v) is 2.97. The summed E-state index contributed by atoms with van der Waals surface area (Å²) in [5.41, 5.74) is 6.95. The van der Waals surface area contributed by atoms with Crippen molar-refractivity contribution in [3.63, 3.8) is 0 Å². The molecule has 0 aliphatic carbocycles. The van der Waals surface area contributed by atoms with E-state index in [1.54, 1.807) is 18.7 Å². The number of H-pyrrole nitrogens is 1. The number of benzene rings is 1. The number of nitrogens with two attached hydrogens (primary N) is 1. The minimum atomic E-state index is -0.867. The highest BCUT2D eigenvalue weighted by atomic mass is 16.2. The predicted octanol–water partition coefficient (Wildman–Crippen LogP) is 2.26. The third kappa shape index (κ3) is 2.11. The standard InChI is InChI=1S/C14H19N3O/c1-4-17(13(18)14(2,3)15)12-9-16-11-8-6-5-7-10(11)12/h5-9,16H,4,15H2,1-3H3. The van der Waals surface area contributed by atoms with Gasteiger partial charge in [-0.25, -0.2) is 0 Å². The second kappa shape index (κ2) is 4.46. The second-order valence-electron chi connectivity index (χ2n) is 4.99. The van der Waals surface area contributed by atoms with E-state index in [1.165, 1.54) is 0 Å². The molecule has 0 aliphatic heterocycles. The van der Waals surface area contributed by atoms with Crippen LogP contribution >= 0.6 is 0 Å². The average molecular weight is 245 g/mol. The first-order valence-corrected chi connectivity index (χ1v) is 6.12. The number of aromatic nitrogens is 1. The Labute approximate surface area is 107 Å². The summed E-state index contributed by atoms with van der Waals surface area (Å²) in [6.07, 6.45) is 1.86. The fourth-order valence-corrected chi connectivity index (χ4v) is 2.05. The molecule has 0 bridgehead atoms. The van der Waals surface area contributed by atoms with Crippen LogP contribution in [0.4, 0.5) is 5.69 Å². The van der Waals surface area contributed by atoms with Crippen molar-refractivity contribution >= 4 is 22.5 Å². The Hall–Kier alpha value is -1.81. The van der Waals surface area contributed by atoms with E-state index in [2.05, 4.69) is 4.98 Å². The molecule has 0 aliphatic rings. The van der Waals surface area contributed by atoms with Crippen LogP contribution in [0.5, 0.6) is 0 Å². The maximum absolute atomic E-state index is 12.3. The van der Waals surface area contributed by atoms with Gasteiger partial charge in [-0.2, -0.15) is 0 Å². The minimum absolute atomic E-state index is 0.0743. The average Bonchev–Trinajstić information content (AvgIpc) is 2.73. The van der Waals surface area contributed by atoms with Gasteiger partial charge in [0.15, 0.2) is 0 Å². The topological polar surface area (TPSA) is 62.1 Å². The Morgan fingerprint density at radius 1 is 1.39 bits per heavy atom. The molecule has 4 heteroatoms. The van der Waals surface area contributed by atoms with E-state index < -0.39 is 5.54 Å². The van der Waals surface area contributed by atoms with Crippen LogP contribution in [-0.2, 0) is 4.79 Å². The van der Waals surface area contributed by atoms with Crippen molar-refractivity contribution in [3.8, 4) is 0 Å². The van der Waals surface area contributed by atoms with Crippen LogP contribution < -0.4 is 10.6 Å². The monoisotopic (exact) mass is 245 g/mol. The highest BCUT2D eigenvalue weighted by molar-refractivity contribution is 6.06. The Bertz CT molecular complexity index is 566. The summed E-state index contributed by atoms with van der Waals surface area (Å²) in [5, 5.41) is 1.04. The lowest BCUT2D eigenvalue weighted by molar-refractivity contribution is -0.122. The lowest BCUT2D eigenvalue weighted by Gasteiger charge is -2.27. The molecule has 4 nitrogen and oxygen atoms in total. The summed E-state index contributed by atoms with van der Waals surface area (Å²) in [4.78, 5) is 17.2. The normalized spacial score (nSPS) is 11.8. The lowest BCUT2D eigenvalue weighted by Crippen LogP contribution is -2.51. The summed E-state index contributed by atoms with van der Waals surface area (Å²) in [5.74, 6) is -0.0743. The van der Waals surface area contributed by atoms with Crippen molar-refractivity contribution in [3.05, 3.63) is 30.5 Å². The van der Waals surface area contributed by atoms with E-state index in [4.69, 9.17) is 5.73 Å². The summed E-state index contributed by atoms with van der Waals surface area (Å²) in [6.45, 7) is 6.01. The highest BCUT2D eigenvalue weighted by Gasteiger charge is 2.29. The van der Waals surface area contributed by atoms with Crippen LogP contribution in [0.25, 0.3) is 10.9 Å². The zero-order valence-corrected chi connectivity index (χ0v) is 11.0. The number of hydrogen-bond acceptors (Lipinski definition) is 2. The second-order valence-corrected chi connectivity index (χ2v) is 4.99. The molecule has 0 radical (unpaired) electrons. The van der Waals surface area contributed by atoms with Crippen LogP contribution in [0.3, 0.4) is 0 Å². The quantitative estimate of drug-likeness (QED) is 0.871.